The molecule has 36 heavy (non-hydrogen) atoms. The molecule has 0 radical (unpaired) electrons. The van der Waals surface area contributed by atoms with E-state index in [2.05, 4.69) is 15.0 Å². The molecule has 2 aromatic rings. The van der Waals surface area contributed by atoms with E-state index >= 15 is 0 Å². The number of aliphatic carboxylic acids is 1. The smallest absolute Gasteiger partial charge is 0.360 e. The summed E-state index contributed by atoms with van der Waals surface area (Å²) in [5.74, 6) is 0.381. The molecule has 0 spiro atoms. The molecule has 4 bridgehead atoms. The minimum Gasteiger partial charge on any atom is -0.476 e. The number of hydrogen-bond donors (Lipinski definition) is 1. The van der Waals surface area contributed by atoms with Crippen LogP contribution in [0.3, 0.4) is 0 Å². The molecule has 0 amide bonds. The number of hydrogen-bond acceptors (Lipinski definition) is 6. The molecule has 5 atom stereocenters. The second-order valence-corrected chi connectivity index (χ2v) is 11.2. The summed E-state index contributed by atoms with van der Waals surface area (Å²) in [6.45, 7) is 1.93. The number of para-hydroxylation sites is 2. The molecule has 2 aliphatic carbocycles. The van der Waals surface area contributed by atoms with E-state index in [1.807, 2.05) is 28.8 Å². The summed E-state index contributed by atoms with van der Waals surface area (Å²) in [5, 5.41) is 13.6. The van der Waals surface area contributed by atoms with Crippen LogP contribution in [0, 0.1) is 11.8 Å². The number of oxime groups is 1. The van der Waals surface area contributed by atoms with Gasteiger partial charge in [-0.25, -0.2) is 9.78 Å². The molecule has 1 N–H and O–H groups in total. The summed E-state index contributed by atoms with van der Waals surface area (Å²) in [6.07, 6.45) is 12.7. The lowest BCUT2D eigenvalue weighted by Gasteiger charge is -2.41. The van der Waals surface area contributed by atoms with Crippen LogP contribution in [0.5, 0.6) is 0 Å². The molecule has 1 aromatic carbocycles. The van der Waals surface area contributed by atoms with Crippen molar-refractivity contribution in [3.8, 4) is 0 Å². The first kappa shape index (κ1) is 23.6. The zero-order chi connectivity index (χ0) is 24.8. The molecule has 2 saturated carbocycles. The van der Waals surface area contributed by atoms with Gasteiger partial charge in [0.2, 0.25) is 5.71 Å². The number of aromatic nitrogens is 2. The average molecular weight is 493 g/mol. The van der Waals surface area contributed by atoms with Gasteiger partial charge in [0.05, 0.1) is 17.1 Å². The normalized spacial score (nSPS) is 32.5. The van der Waals surface area contributed by atoms with Gasteiger partial charge in [0, 0.05) is 18.1 Å². The number of carboxylic acids is 1. The first-order chi connectivity index (χ1) is 17.5. The van der Waals surface area contributed by atoms with E-state index in [-0.39, 0.29) is 23.9 Å². The van der Waals surface area contributed by atoms with E-state index in [1.165, 1.54) is 51.4 Å². The van der Waals surface area contributed by atoms with Gasteiger partial charge in [0.1, 0.15) is 6.61 Å². The monoisotopic (exact) mass is 492 g/mol. The maximum absolute atomic E-state index is 13.9. The van der Waals surface area contributed by atoms with Crippen LogP contribution in [0.4, 0.5) is 0 Å². The Kier molecular flexibility index (Phi) is 6.32. The van der Waals surface area contributed by atoms with Crippen molar-refractivity contribution in [3.63, 3.8) is 0 Å². The Balaban J connectivity index is 1.40. The van der Waals surface area contributed by atoms with E-state index in [4.69, 9.17) is 4.84 Å². The summed E-state index contributed by atoms with van der Waals surface area (Å²) in [5.41, 5.74) is 0.410. The lowest BCUT2D eigenvalue weighted by molar-refractivity contribution is -0.129. The molecule has 192 valence electrons. The van der Waals surface area contributed by atoms with Gasteiger partial charge in [0.25, 0.3) is 5.56 Å². The van der Waals surface area contributed by atoms with Crippen LogP contribution in [0.2, 0.25) is 0 Å². The molecule has 2 saturated heterocycles. The first-order valence-electron chi connectivity index (χ1n) is 13.8. The minimum atomic E-state index is -1.31. The highest BCUT2D eigenvalue weighted by atomic mass is 16.6. The van der Waals surface area contributed by atoms with Gasteiger partial charge in [-0.3, -0.25) is 9.69 Å². The second-order valence-electron chi connectivity index (χ2n) is 11.2. The molecule has 6 rings (SSSR count). The van der Waals surface area contributed by atoms with Gasteiger partial charge in [-0.05, 0) is 69.4 Å². The standard InChI is InChI=1S/C28H36N4O4/c1-2-36-30-26(28(34)35)25-27(33)32(22-10-6-5-9-21(22)29-25)24-16-19-11-12-23(24)31(19)20-14-17-7-3-4-8-18(13-17)15-20/h5-6,9-10,17-20,23-24H,2-4,7-8,11-16H2,1H3,(H,34,35)/b30-26-/t17?,18?,19-,20?,23+,24+/m0/s1. The van der Waals surface area contributed by atoms with Crippen molar-refractivity contribution in [2.75, 3.05) is 6.61 Å². The molecular weight excluding hydrogens is 456 g/mol. The molecule has 3 heterocycles. The maximum Gasteiger partial charge on any atom is 0.360 e. The van der Waals surface area contributed by atoms with Gasteiger partial charge in [-0.15, -0.1) is 0 Å². The Morgan fingerprint density at radius 1 is 1.03 bits per heavy atom. The Bertz CT molecular complexity index is 1230. The first-order valence-corrected chi connectivity index (χ1v) is 13.8. The van der Waals surface area contributed by atoms with Gasteiger partial charge in [-0.1, -0.05) is 43.0 Å². The quantitative estimate of drug-likeness (QED) is 0.475. The fourth-order valence-electron chi connectivity index (χ4n) is 7.91. The highest BCUT2D eigenvalue weighted by Gasteiger charge is 2.51. The van der Waals surface area contributed by atoms with Gasteiger partial charge >= 0.3 is 5.97 Å². The molecule has 4 fully saturated rings. The highest BCUT2D eigenvalue weighted by molar-refractivity contribution is 6.41. The molecule has 2 aliphatic heterocycles. The van der Waals surface area contributed by atoms with Crippen LogP contribution in [0.15, 0.2) is 34.2 Å². The summed E-state index contributed by atoms with van der Waals surface area (Å²) < 4.78 is 1.84. The van der Waals surface area contributed by atoms with Gasteiger partial charge in [-0.2, -0.15) is 0 Å². The number of fused-ring (bicyclic) bond motifs is 5. The minimum absolute atomic E-state index is 0.00833. The van der Waals surface area contributed by atoms with Crippen molar-refractivity contribution in [2.45, 2.75) is 95.3 Å². The van der Waals surface area contributed by atoms with Crippen LogP contribution in [0.1, 0.15) is 82.9 Å². The largest absolute Gasteiger partial charge is 0.476 e. The third-order valence-electron chi connectivity index (χ3n) is 9.17. The average Bonchev–Trinajstić information content (AvgIpc) is 3.40. The van der Waals surface area contributed by atoms with E-state index in [0.29, 0.717) is 23.6 Å². The van der Waals surface area contributed by atoms with Gasteiger partial charge < -0.3 is 14.5 Å². The molecular formula is C28H36N4O4. The molecule has 1 aromatic heterocycles. The van der Waals surface area contributed by atoms with Crippen molar-refractivity contribution in [2.24, 2.45) is 17.0 Å². The molecule has 2 unspecified atom stereocenters. The zero-order valence-electron chi connectivity index (χ0n) is 21.0. The fourth-order valence-corrected chi connectivity index (χ4v) is 7.91. The van der Waals surface area contributed by atoms with E-state index in [9.17, 15) is 14.7 Å². The van der Waals surface area contributed by atoms with Crippen molar-refractivity contribution >= 4 is 22.7 Å². The van der Waals surface area contributed by atoms with Crippen molar-refractivity contribution in [3.05, 3.63) is 40.3 Å². The van der Waals surface area contributed by atoms with Crippen LogP contribution in [0.25, 0.3) is 11.0 Å². The number of rotatable bonds is 6. The van der Waals surface area contributed by atoms with Crippen LogP contribution >= 0.6 is 0 Å². The number of benzene rings is 1. The number of nitrogens with zero attached hydrogens (tertiary/aromatic N) is 4. The Morgan fingerprint density at radius 2 is 1.78 bits per heavy atom. The van der Waals surface area contributed by atoms with Crippen molar-refractivity contribution < 1.29 is 14.7 Å². The Morgan fingerprint density at radius 3 is 2.50 bits per heavy atom. The molecule has 8 heteroatoms. The Hall–Kier alpha value is -2.74. The topological polar surface area (TPSA) is 97.0 Å². The predicted octanol–water partition coefficient (Wildman–Crippen LogP) is 4.36. The fraction of sp³-hybridized carbons (Fsp3) is 0.643. The lowest BCUT2D eigenvalue weighted by Crippen LogP contribution is -2.45. The highest BCUT2D eigenvalue weighted by Crippen LogP contribution is 2.50. The van der Waals surface area contributed by atoms with E-state index in [0.717, 1.165) is 30.2 Å². The van der Waals surface area contributed by atoms with Crippen LogP contribution in [-0.4, -0.2) is 56.0 Å². The molecule has 8 nitrogen and oxygen atoms in total. The van der Waals surface area contributed by atoms with Crippen LogP contribution < -0.4 is 5.56 Å². The van der Waals surface area contributed by atoms with E-state index in [1.54, 1.807) is 6.92 Å². The Labute approximate surface area is 211 Å². The number of carboxylic acid groups (broad SMARTS) is 1. The second kappa shape index (κ2) is 9.61. The summed E-state index contributed by atoms with van der Waals surface area (Å²) >= 11 is 0. The van der Waals surface area contributed by atoms with E-state index < -0.39 is 11.7 Å². The van der Waals surface area contributed by atoms with Crippen molar-refractivity contribution in [1.82, 2.24) is 14.5 Å². The van der Waals surface area contributed by atoms with Crippen LogP contribution in [-0.2, 0) is 9.63 Å². The lowest BCUT2D eigenvalue weighted by atomic mass is 9.77. The zero-order valence-corrected chi connectivity index (χ0v) is 21.0. The molecule has 4 aliphatic rings. The summed E-state index contributed by atoms with van der Waals surface area (Å²) in [6, 6.07) is 8.95. The summed E-state index contributed by atoms with van der Waals surface area (Å²) in [4.78, 5) is 38.2. The SMILES string of the molecule is CCO/N=C(\C(=O)O)c1nc2ccccc2n([C@@H]2C[C@@H]3CC[C@H]2N3C2CC3CCCCC(C3)C2)c1=O. The van der Waals surface area contributed by atoms with Gasteiger partial charge in [0.15, 0.2) is 5.69 Å². The summed E-state index contributed by atoms with van der Waals surface area (Å²) in [7, 11) is 0. The maximum atomic E-state index is 13.9. The third-order valence-corrected chi connectivity index (χ3v) is 9.17. The third kappa shape index (κ3) is 4.03. The van der Waals surface area contributed by atoms with Crippen molar-refractivity contribution in [1.29, 1.82) is 0 Å². The number of carbonyl (C=O) groups is 1. The predicted molar refractivity (Wildman–Crippen MR) is 137 cm³/mol.